The number of hydrogen-bond donors (Lipinski definition) is 2. The van der Waals surface area contributed by atoms with E-state index in [4.69, 9.17) is 9.47 Å². The largest absolute Gasteiger partial charge is 0.508 e. The first-order valence-corrected chi connectivity index (χ1v) is 14.9. The third kappa shape index (κ3) is 5.47. The predicted octanol–water partition coefficient (Wildman–Crippen LogP) is 5.50. The first kappa shape index (κ1) is 27.4. The van der Waals surface area contributed by atoms with Gasteiger partial charge in [0.25, 0.3) is 0 Å². The molecule has 2 aliphatic rings. The van der Waals surface area contributed by atoms with Gasteiger partial charge in [-0.05, 0) is 85.3 Å². The number of ether oxygens (including phenoxy) is 2. The number of nitrogens with zero attached hydrogens (tertiary/aromatic N) is 1. The van der Waals surface area contributed by atoms with E-state index in [9.17, 15) is 18.1 Å². The van der Waals surface area contributed by atoms with E-state index in [0.29, 0.717) is 47.5 Å². The van der Waals surface area contributed by atoms with Gasteiger partial charge >= 0.3 is 10.1 Å². The number of aromatic hydroxyl groups is 1. The summed E-state index contributed by atoms with van der Waals surface area (Å²) in [6.45, 7) is 3.55. The standard InChI is InChI=1S/C31H35NO6S/c1-37-31(39(34,35)36,25-13-15-27(16-14-25)38-21-20-32-18-5-2-6-19-32)30-28-11-4-3-8-23(28)12-17-29(30)24-9-7-10-26(33)22-24/h3-4,7-11,13-16,22,33H,2,5-6,12,17-21H2,1H3,(H,34,35,36). The van der Waals surface area contributed by atoms with Crippen molar-refractivity contribution < 1.29 is 27.6 Å². The van der Waals surface area contributed by atoms with Gasteiger partial charge in [-0.2, -0.15) is 8.42 Å². The number of likely N-dealkylation sites (tertiary alicyclic amines) is 1. The Bertz CT molecular complexity index is 1440. The summed E-state index contributed by atoms with van der Waals surface area (Å²) in [6, 6.07) is 21.0. The Hall–Kier alpha value is -3.17. The Morgan fingerprint density at radius 3 is 2.36 bits per heavy atom. The minimum atomic E-state index is -4.86. The van der Waals surface area contributed by atoms with Crippen molar-refractivity contribution >= 4 is 21.3 Å². The van der Waals surface area contributed by atoms with E-state index in [0.717, 1.165) is 25.2 Å². The maximum Gasteiger partial charge on any atom is 0.304 e. The fourth-order valence-corrected chi connectivity index (χ4v) is 7.02. The summed E-state index contributed by atoms with van der Waals surface area (Å²) >= 11 is 0. The van der Waals surface area contributed by atoms with Crippen LogP contribution in [0.5, 0.6) is 11.5 Å². The first-order valence-electron chi connectivity index (χ1n) is 13.4. The van der Waals surface area contributed by atoms with Crippen LogP contribution < -0.4 is 4.74 Å². The normalized spacial score (nSPS) is 17.9. The Morgan fingerprint density at radius 1 is 0.923 bits per heavy atom. The van der Waals surface area contributed by atoms with Crippen LogP contribution in [0.25, 0.3) is 11.1 Å². The van der Waals surface area contributed by atoms with Gasteiger partial charge in [-0.15, -0.1) is 0 Å². The van der Waals surface area contributed by atoms with Gasteiger partial charge in [-0.1, -0.05) is 55.0 Å². The predicted molar refractivity (Wildman–Crippen MR) is 152 cm³/mol. The molecule has 0 saturated carbocycles. The second kappa shape index (κ2) is 11.5. The van der Waals surface area contributed by atoms with E-state index in [2.05, 4.69) is 4.90 Å². The number of methoxy groups -OCH3 is 1. The quantitative estimate of drug-likeness (QED) is 0.340. The molecule has 5 rings (SSSR count). The molecule has 2 N–H and O–H groups in total. The summed E-state index contributed by atoms with van der Waals surface area (Å²) in [5.74, 6) is 0.682. The van der Waals surface area contributed by atoms with E-state index in [1.807, 2.05) is 30.3 Å². The fraction of sp³-hybridized carbons (Fsp3) is 0.355. The molecule has 1 heterocycles. The lowest BCUT2D eigenvalue weighted by Crippen LogP contribution is -2.40. The lowest BCUT2D eigenvalue weighted by atomic mass is 9.78. The van der Waals surface area contributed by atoms with Gasteiger partial charge in [-0.25, -0.2) is 0 Å². The molecule has 1 unspecified atom stereocenters. The molecule has 1 saturated heterocycles. The third-order valence-electron chi connectivity index (χ3n) is 7.77. The Morgan fingerprint density at radius 2 is 1.67 bits per heavy atom. The number of allylic oxidation sites excluding steroid dienone is 1. The molecular weight excluding hydrogens is 514 g/mol. The van der Waals surface area contributed by atoms with E-state index in [-0.39, 0.29) is 11.3 Å². The van der Waals surface area contributed by atoms with Crippen LogP contribution in [0.1, 0.15) is 47.9 Å². The summed E-state index contributed by atoms with van der Waals surface area (Å²) in [6.07, 6.45) is 4.90. The van der Waals surface area contributed by atoms with Crippen LogP contribution in [0.2, 0.25) is 0 Å². The lowest BCUT2D eigenvalue weighted by Gasteiger charge is -2.37. The Balaban J connectivity index is 1.58. The first-order chi connectivity index (χ1) is 18.8. The highest BCUT2D eigenvalue weighted by atomic mass is 32.2. The Labute approximate surface area is 230 Å². The third-order valence-corrected chi connectivity index (χ3v) is 9.10. The van der Waals surface area contributed by atoms with Crippen LogP contribution in [-0.2, 0) is 26.2 Å². The van der Waals surface area contributed by atoms with E-state index in [1.54, 1.807) is 42.5 Å². The van der Waals surface area contributed by atoms with Gasteiger partial charge in [-0.3, -0.25) is 9.45 Å². The van der Waals surface area contributed by atoms with Crippen molar-refractivity contribution in [1.82, 2.24) is 4.90 Å². The molecule has 39 heavy (non-hydrogen) atoms. The smallest absolute Gasteiger partial charge is 0.304 e. The minimum Gasteiger partial charge on any atom is -0.508 e. The van der Waals surface area contributed by atoms with Crippen LogP contribution >= 0.6 is 0 Å². The molecule has 7 nitrogen and oxygen atoms in total. The molecule has 0 spiro atoms. The average molecular weight is 550 g/mol. The molecule has 3 aromatic carbocycles. The molecule has 1 aliphatic carbocycles. The SMILES string of the molecule is COC(C1=C(c2cccc(O)c2)CCc2ccccc21)(c1ccc(OCCN2CCCCC2)cc1)S(=O)(=O)O. The molecule has 0 aromatic heterocycles. The van der Waals surface area contributed by atoms with Crippen molar-refractivity contribution in [3.8, 4) is 11.5 Å². The Kier molecular flexibility index (Phi) is 8.09. The molecule has 206 valence electrons. The molecular formula is C31H35NO6S. The number of hydrogen-bond acceptors (Lipinski definition) is 6. The number of fused-ring (bicyclic) bond motifs is 1. The number of phenolic OH excluding ortho intramolecular Hbond substituents is 1. The number of phenols is 1. The molecule has 1 atom stereocenters. The number of piperidine rings is 1. The number of aryl methyl sites for hydroxylation is 1. The van der Waals surface area contributed by atoms with Crippen LogP contribution in [0.15, 0.2) is 72.8 Å². The van der Waals surface area contributed by atoms with Crippen molar-refractivity contribution in [3.05, 3.63) is 95.1 Å². The summed E-state index contributed by atoms with van der Waals surface area (Å²) < 4.78 is 49.4. The summed E-state index contributed by atoms with van der Waals surface area (Å²) in [4.78, 5) is 0.193. The molecule has 3 aromatic rings. The van der Waals surface area contributed by atoms with Crippen molar-refractivity contribution in [2.75, 3.05) is 33.4 Å². The minimum absolute atomic E-state index is 0.0686. The van der Waals surface area contributed by atoms with E-state index < -0.39 is 15.1 Å². The van der Waals surface area contributed by atoms with E-state index in [1.165, 1.54) is 26.4 Å². The van der Waals surface area contributed by atoms with Crippen LogP contribution in [0.4, 0.5) is 0 Å². The second-order valence-electron chi connectivity index (χ2n) is 10.1. The van der Waals surface area contributed by atoms with Gasteiger partial charge in [0.1, 0.15) is 18.1 Å². The maximum atomic E-state index is 13.4. The maximum absolute atomic E-state index is 13.4. The highest BCUT2D eigenvalue weighted by Gasteiger charge is 2.51. The van der Waals surface area contributed by atoms with Crippen molar-refractivity contribution in [3.63, 3.8) is 0 Å². The van der Waals surface area contributed by atoms with Gasteiger partial charge < -0.3 is 14.6 Å². The molecule has 8 heteroatoms. The molecule has 0 bridgehead atoms. The summed E-state index contributed by atoms with van der Waals surface area (Å²) in [5.41, 5.74) is 3.61. The van der Waals surface area contributed by atoms with Crippen LogP contribution in [-0.4, -0.2) is 56.3 Å². The van der Waals surface area contributed by atoms with Crippen LogP contribution in [0, 0.1) is 0 Å². The van der Waals surface area contributed by atoms with Crippen LogP contribution in [0.3, 0.4) is 0 Å². The second-order valence-corrected chi connectivity index (χ2v) is 11.7. The lowest BCUT2D eigenvalue weighted by molar-refractivity contribution is 0.100. The van der Waals surface area contributed by atoms with Crippen molar-refractivity contribution in [2.24, 2.45) is 0 Å². The zero-order valence-electron chi connectivity index (χ0n) is 22.2. The summed E-state index contributed by atoms with van der Waals surface area (Å²) in [7, 11) is -3.56. The van der Waals surface area contributed by atoms with Crippen molar-refractivity contribution in [2.45, 2.75) is 37.0 Å². The molecule has 1 fully saturated rings. The van der Waals surface area contributed by atoms with Gasteiger partial charge in [0.05, 0.1) is 0 Å². The zero-order chi connectivity index (χ0) is 27.5. The zero-order valence-corrected chi connectivity index (χ0v) is 23.0. The van der Waals surface area contributed by atoms with Crippen molar-refractivity contribution in [1.29, 1.82) is 0 Å². The molecule has 0 radical (unpaired) electrons. The van der Waals surface area contributed by atoms with Gasteiger partial charge in [0, 0.05) is 24.8 Å². The van der Waals surface area contributed by atoms with Gasteiger partial charge in [0.2, 0.25) is 4.93 Å². The topological polar surface area (TPSA) is 96.3 Å². The summed E-state index contributed by atoms with van der Waals surface area (Å²) in [5, 5.41) is 10.2. The van der Waals surface area contributed by atoms with E-state index >= 15 is 0 Å². The molecule has 1 aliphatic heterocycles. The highest BCUT2D eigenvalue weighted by molar-refractivity contribution is 7.87. The highest BCUT2D eigenvalue weighted by Crippen LogP contribution is 2.51. The van der Waals surface area contributed by atoms with Gasteiger partial charge in [0.15, 0.2) is 0 Å². The monoisotopic (exact) mass is 549 g/mol. The fourth-order valence-electron chi connectivity index (χ4n) is 5.88. The average Bonchev–Trinajstić information content (AvgIpc) is 2.94. The number of benzene rings is 3. The molecule has 0 amide bonds. The number of rotatable bonds is 9.